The summed E-state index contributed by atoms with van der Waals surface area (Å²) in [4.78, 5) is 14.1. The largest absolute Gasteiger partial charge is 0.318 e. The van der Waals surface area contributed by atoms with Crippen LogP contribution in [-0.4, -0.2) is 22.9 Å². The van der Waals surface area contributed by atoms with Crippen molar-refractivity contribution in [3.8, 4) is 0 Å². The minimum Gasteiger partial charge on any atom is -0.318 e. The molecule has 3 nitrogen and oxygen atoms in total. The van der Waals surface area contributed by atoms with Crippen LogP contribution >= 0.6 is 0 Å². The average molecular weight is 280 g/mol. The van der Waals surface area contributed by atoms with Crippen LogP contribution in [0.3, 0.4) is 0 Å². The van der Waals surface area contributed by atoms with Gasteiger partial charge in [-0.2, -0.15) is 0 Å². The quantitative estimate of drug-likeness (QED) is 0.903. The maximum Gasteiger partial charge on any atom is 0.241 e. The van der Waals surface area contributed by atoms with Crippen molar-refractivity contribution in [3.63, 3.8) is 0 Å². The molecule has 0 aromatic heterocycles. The smallest absolute Gasteiger partial charge is 0.241 e. The molecule has 1 aromatic rings. The van der Waals surface area contributed by atoms with Crippen LogP contribution in [0.15, 0.2) is 18.2 Å². The highest BCUT2D eigenvalue weighted by atomic mass is 19.2. The van der Waals surface area contributed by atoms with E-state index in [0.717, 1.165) is 12.5 Å². The minimum atomic E-state index is -0.883. The van der Waals surface area contributed by atoms with E-state index in [9.17, 15) is 13.6 Å². The van der Waals surface area contributed by atoms with Gasteiger partial charge in [-0.15, -0.1) is 0 Å². The van der Waals surface area contributed by atoms with Crippen LogP contribution in [0.4, 0.5) is 8.78 Å². The number of benzene rings is 1. The Morgan fingerprint density at radius 2 is 1.95 bits per heavy atom. The van der Waals surface area contributed by atoms with E-state index in [2.05, 4.69) is 19.2 Å². The summed E-state index contributed by atoms with van der Waals surface area (Å²) < 4.78 is 26.5. The number of hydrogen-bond acceptors (Lipinski definition) is 2. The molecule has 3 unspecified atom stereocenters. The molecule has 2 fully saturated rings. The topological polar surface area (TPSA) is 32.3 Å². The van der Waals surface area contributed by atoms with Gasteiger partial charge in [0.2, 0.25) is 5.91 Å². The first-order valence-electron chi connectivity index (χ1n) is 6.84. The standard InChI is InChI=1S/C15H18F2N2O/c1-8-14(20)19(12-7-15(12,2)3)13(18-8)9-4-5-10(16)11(17)6-9/h4-6,8,12-13,18H,7H2,1-3H3. The summed E-state index contributed by atoms with van der Waals surface area (Å²) >= 11 is 0. The lowest BCUT2D eigenvalue weighted by atomic mass is 10.1. The molecule has 1 saturated carbocycles. The summed E-state index contributed by atoms with van der Waals surface area (Å²) in [5, 5.41) is 3.16. The van der Waals surface area contributed by atoms with Crippen LogP contribution < -0.4 is 5.32 Å². The molecule has 5 heteroatoms. The van der Waals surface area contributed by atoms with Crippen molar-refractivity contribution in [2.45, 2.75) is 45.4 Å². The van der Waals surface area contributed by atoms with Gasteiger partial charge in [0.1, 0.15) is 6.17 Å². The van der Waals surface area contributed by atoms with E-state index in [1.165, 1.54) is 12.1 Å². The Hall–Kier alpha value is -1.49. The van der Waals surface area contributed by atoms with Crippen LogP contribution in [0.1, 0.15) is 38.9 Å². The number of carbonyl (C=O) groups is 1. The van der Waals surface area contributed by atoms with E-state index < -0.39 is 11.6 Å². The molecule has 1 amide bonds. The van der Waals surface area contributed by atoms with Gasteiger partial charge in [-0.3, -0.25) is 10.1 Å². The number of amides is 1. The van der Waals surface area contributed by atoms with E-state index in [4.69, 9.17) is 0 Å². The Kier molecular flexibility index (Phi) is 2.87. The zero-order valence-electron chi connectivity index (χ0n) is 11.8. The van der Waals surface area contributed by atoms with Crippen LogP contribution in [0.5, 0.6) is 0 Å². The lowest BCUT2D eigenvalue weighted by molar-refractivity contribution is -0.130. The Balaban J connectivity index is 1.94. The molecule has 1 saturated heterocycles. The number of nitrogens with one attached hydrogen (secondary N) is 1. The van der Waals surface area contributed by atoms with Crippen molar-refractivity contribution in [2.75, 3.05) is 0 Å². The van der Waals surface area contributed by atoms with Gasteiger partial charge in [-0.05, 0) is 36.5 Å². The van der Waals surface area contributed by atoms with Crippen LogP contribution in [0.2, 0.25) is 0 Å². The van der Waals surface area contributed by atoms with Gasteiger partial charge in [0.05, 0.1) is 6.04 Å². The third-order valence-corrected chi connectivity index (χ3v) is 4.37. The molecule has 108 valence electrons. The van der Waals surface area contributed by atoms with E-state index in [1.807, 2.05) is 0 Å². The van der Waals surface area contributed by atoms with Gasteiger partial charge in [0.25, 0.3) is 0 Å². The van der Waals surface area contributed by atoms with Gasteiger partial charge in [0.15, 0.2) is 11.6 Å². The summed E-state index contributed by atoms with van der Waals surface area (Å²) in [5.74, 6) is -1.73. The first-order chi connectivity index (χ1) is 9.31. The number of hydrogen-bond donors (Lipinski definition) is 1. The second-order valence-corrected chi connectivity index (χ2v) is 6.42. The molecular formula is C15H18F2N2O. The monoisotopic (exact) mass is 280 g/mol. The summed E-state index contributed by atoms with van der Waals surface area (Å²) in [7, 11) is 0. The Morgan fingerprint density at radius 3 is 2.50 bits per heavy atom. The van der Waals surface area contributed by atoms with E-state index in [1.54, 1.807) is 11.8 Å². The fourth-order valence-electron chi connectivity index (χ4n) is 2.93. The van der Waals surface area contributed by atoms with Crippen LogP contribution in [0, 0.1) is 17.0 Å². The number of rotatable bonds is 2. The maximum absolute atomic E-state index is 13.4. The average Bonchev–Trinajstić information content (AvgIpc) is 2.89. The molecule has 2 aliphatic rings. The highest BCUT2D eigenvalue weighted by Gasteiger charge is 2.55. The Bertz CT molecular complexity index is 573. The third kappa shape index (κ3) is 2.00. The molecule has 1 heterocycles. The molecule has 1 N–H and O–H groups in total. The molecule has 3 rings (SSSR count). The number of nitrogens with zero attached hydrogens (tertiary/aromatic N) is 1. The Morgan fingerprint density at radius 1 is 1.30 bits per heavy atom. The van der Waals surface area contributed by atoms with Gasteiger partial charge < -0.3 is 4.90 Å². The second-order valence-electron chi connectivity index (χ2n) is 6.42. The predicted molar refractivity (Wildman–Crippen MR) is 70.7 cm³/mol. The number of carbonyl (C=O) groups excluding carboxylic acids is 1. The Labute approximate surface area is 117 Å². The fourth-order valence-corrected chi connectivity index (χ4v) is 2.93. The lowest BCUT2D eigenvalue weighted by Gasteiger charge is -2.26. The summed E-state index contributed by atoms with van der Waals surface area (Å²) in [5.41, 5.74) is 0.683. The molecule has 3 atom stereocenters. The second kappa shape index (κ2) is 4.25. The molecule has 1 aromatic carbocycles. The lowest BCUT2D eigenvalue weighted by Crippen LogP contribution is -2.35. The van der Waals surface area contributed by atoms with Gasteiger partial charge in [-0.1, -0.05) is 19.9 Å². The molecule has 1 aliphatic heterocycles. The maximum atomic E-state index is 13.4. The van der Waals surface area contributed by atoms with Crippen molar-refractivity contribution in [3.05, 3.63) is 35.4 Å². The first kappa shape index (κ1) is 13.5. The number of halogens is 2. The zero-order chi connectivity index (χ0) is 14.7. The van der Waals surface area contributed by atoms with Gasteiger partial charge in [-0.25, -0.2) is 8.78 Å². The van der Waals surface area contributed by atoms with Crippen molar-refractivity contribution in [1.82, 2.24) is 10.2 Å². The van der Waals surface area contributed by atoms with Gasteiger partial charge >= 0.3 is 0 Å². The molecule has 20 heavy (non-hydrogen) atoms. The highest BCUT2D eigenvalue weighted by molar-refractivity contribution is 5.85. The van der Waals surface area contributed by atoms with Crippen molar-refractivity contribution >= 4 is 5.91 Å². The van der Waals surface area contributed by atoms with Crippen LogP contribution in [-0.2, 0) is 4.79 Å². The van der Waals surface area contributed by atoms with E-state index >= 15 is 0 Å². The SMILES string of the molecule is CC1NC(c2ccc(F)c(F)c2)N(C2CC2(C)C)C1=O. The molecule has 1 aliphatic carbocycles. The van der Waals surface area contributed by atoms with E-state index in [-0.39, 0.29) is 29.6 Å². The molecule has 0 spiro atoms. The van der Waals surface area contributed by atoms with Crippen molar-refractivity contribution in [1.29, 1.82) is 0 Å². The normalized spacial score (nSPS) is 31.8. The first-order valence-corrected chi connectivity index (χ1v) is 6.84. The molecule has 0 radical (unpaired) electrons. The fraction of sp³-hybridized carbons (Fsp3) is 0.533. The highest BCUT2D eigenvalue weighted by Crippen LogP contribution is 2.51. The molecular weight excluding hydrogens is 262 g/mol. The van der Waals surface area contributed by atoms with E-state index in [0.29, 0.717) is 5.56 Å². The summed E-state index contributed by atoms with van der Waals surface area (Å²) in [6.45, 7) is 6.01. The third-order valence-electron chi connectivity index (χ3n) is 4.37. The minimum absolute atomic E-state index is 0.0234. The zero-order valence-corrected chi connectivity index (χ0v) is 11.8. The summed E-state index contributed by atoms with van der Waals surface area (Å²) in [6, 6.07) is 3.66. The van der Waals surface area contributed by atoms with Crippen LogP contribution in [0.25, 0.3) is 0 Å². The van der Waals surface area contributed by atoms with Crippen molar-refractivity contribution < 1.29 is 13.6 Å². The molecule has 0 bridgehead atoms. The van der Waals surface area contributed by atoms with Gasteiger partial charge in [0, 0.05) is 6.04 Å². The summed E-state index contributed by atoms with van der Waals surface area (Å²) in [6.07, 6.45) is 0.562. The van der Waals surface area contributed by atoms with Crippen molar-refractivity contribution in [2.24, 2.45) is 5.41 Å². The predicted octanol–water partition coefficient (Wildman–Crippen LogP) is 2.58.